The summed E-state index contributed by atoms with van der Waals surface area (Å²) < 4.78 is 5.75. The van der Waals surface area contributed by atoms with Crippen LogP contribution in [-0.4, -0.2) is 34.3 Å². The van der Waals surface area contributed by atoms with Crippen molar-refractivity contribution >= 4 is 17.4 Å². The van der Waals surface area contributed by atoms with Gasteiger partial charge in [-0.15, -0.1) is 0 Å². The Hall–Kier alpha value is -3.08. The summed E-state index contributed by atoms with van der Waals surface area (Å²) in [5.74, 6) is -0.130. The van der Waals surface area contributed by atoms with Gasteiger partial charge < -0.3 is 14.7 Å². The van der Waals surface area contributed by atoms with Crippen LogP contribution in [0.5, 0.6) is 5.75 Å². The van der Waals surface area contributed by atoms with Crippen LogP contribution < -0.4 is 4.74 Å². The van der Waals surface area contributed by atoms with Crippen molar-refractivity contribution < 1.29 is 19.4 Å². The van der Waals surface area contributed by atoms with Crippen LogP contribution in [0.2, 0.25) is 0 Å². The van der Waals surface area contributed by atoms with E-state index in [4.69, 9.17) is 4.74 Å². The highest BCUT2D eigenvalue weighted by Gasteiger charge is 2.45. The lowest BCUT2D eigenvalue weighted by molar-refractivity contribution is -0.139. The summed E-state index contributed by atoms with van der Waals surface area (Å²) in [5, 5.41) is 11.2. The molecular weight excluding hydrogens is 390 g/mol. The molecule has 31 heavy (non-hydrogen) atoms. The second-order valence-electron chi connectivity index (χ2n) is 8.77. The summed E-state index contributed by atoms with van der Waals surface area (Å²) >= 11 is 0. The minimum Gasteiger partial charge on any atom is -0.507 e. The Morgan fingerprint density at radius 2 is 1.87 bits per heavy atom. The molecule has 5 heteroatoms. The lowest BCUT2D eigenvalue weighted by Gasteiger charge is -2.25. The fourth-order valence-electron chi connectivity index (χ4n) is 4.49. The van der Waals surface area contributed by atoms with E-state index in [1.807, 2.05) is 50.2 Å². The number of rotatable bonds is 5. The van der Waals surface area contributed by atoms with Gasteiger partial charge in [-0.1, -0.05) is 45.0 Å². The molecule has 2 aromatic rings. The van der Waals surface area contributed by atoms with E-state index in [-0.39, 0.29) is 17.4 Å². The molecule has 162 valence electrons. The smallest absolute Gasteiger partial charge is 0.295 e. The van der Waals surface area contributed by atoms with Crippen LogP contribution in [0.15, 0.2) is 48.0 Å². The first-order chi connectivity index (χ1) is 14.8. The number of ketones is 1. The topological polar surface area (TPSA) is 66.8 Å². The number of likely N-dealkylation sites (tertiary alicyclic amines) is 1. The van der Waals surface area contributed by atoms with E-state index in [9.17, 15) is 14.7 Å². The van der Waals surface area contributed by atoms with Gasteiger partial charge in [-0.05, 0) is 54.2 Å². The van der Waals surface area contributed by atoms with Crippen LogP contribution in [0.1, 0.15) is 68.3 Å². The Morgan fingerprint density at radius 3 is 2.52 bits per heavy atom. The summed E-state index contributed by atoms with van der Waals surface area (Å²) in [4.78, 5) is 27.4. The summed E-state index contributed by atoms with van der Waals surface area (Å²) in [6.45, 7) is 8.66. The average Bonchev–Trinajstić information content (AvgIpc) is 3.24. The minimum absolute atomic E-state index is 0.0852. The number of Topliss-reactive ketones (excluding diaryl/α,β-unsaturated/α-hetero) is 1. The monoisotopic (exact) mass is 419 g/mol. The Bertz CT molecular complexity index is 1050. The van der Waals surface area contributed by atoms with E-state index in [0.29, 0.717) is 18.0 Å². The molecule has 0 bridgehead atoms. The molecule has 5 nitrogen and oxygen atoms in total. The van der Waals surface area contributed by atoms with Crippen LogP contribution >= 0.6 is 0 Å². The highest BCUT2D eigenvalue weighted by Crippen LogP contribution is 2.40. The molecule has 1 fully saturated rings. The van der Waals surface area contributed by atoms with Crippen molar-refractivity contribution in [3.8, 4) is 5.75 Å². The lowest BCUT2D eigenvalue weighted by atomic mass is 9.92. The van der Waals surface area contributed by atoms with E-state index in [0.717, 1.165) is 29.7 Å². The molecule has 0 aliphatic carbocycles. The second-order valence-corrected chi connectivity index (χ2v) is 8.77. The maximum atomic E-state index is 13.0. The summed E-state index contributed by atoms with van der Waals surface area (Å²) in [6, 6.07) is 12.8. The van der Waals surface area contributed by atoms with Gasteiger partial charge in [0.25, 0.3) is 11.7 Å². The number of aliphatic hydroxyl groups excluding tert-OH is 1. The van der Waals surface area contributed by atoms with Crippen molar-refractivity contribution in [3.05, 3.63) is 70.3 Å². The normalized spacial score (nSPS) is 22.2. The number of benzene rings is 2. The summed E-state index contributed by atoms with van der Waals surface area (Å²) in [5.41, 5.74) is 3.70. The first-order valence-corrected chi connectivity index (χ1v) is 11.0. The van der Waals surface area contributed by atoms with E-state index in [1.54, 1.807) is 11.0 Å². The standard InChI is InChI=1S/C26H29NO4/c1-5-12-27-23(18-8-6-17(7-9-18)15(2)3)22(25(29)26(27)30)24(28)19-10-11-21-20(14-19)13-16(4)31-21/h6-11,14-16,23,28H,5,12-13H2,1-4H3/b24-22-. The molecule has 2 aromatic carbocycles. The highest BCUT2D eigenvalue weighted by molar-refractivity contribution is 6.46. The molecule has 4 rings (SSSR count). The van der Waals surface area contributed by atoms with Gasteiger partial charge in [0, 0.05) is 18.5 Å². The maximum Gasteiger partial charge on any atom is 0.295 e. The van der Waals surface area contributed by atoms with E-state index in [1.165, 1.54) is 5.56 Å². The van der Waals surface area contributed by atoms with Gasteiger partial charge in [-0.25, -0.2) is 0 Å². The maximum absolute atomic E-state index is 13.0. The Labute approximate surface area is 183 Å². The number of hydrogen-bond donors (Lipinski definition) is 1. The summed E-state index contributed by atoms with van der Waals surface area (Å²) in [7, 11) is 0. The van der Waals surface area contributed by atoms with Gasteiger partial charge in [0.05, 0.1) is 11.6 Å². The van der Waals surface area contributed by atoms with Gasteiger partial charge in [0.2, 0.25) is 0 Å². The fraction of sp³-hybridized carbons (Fsp3) is 0.385. The molecule has 1 N–H and O–H groups in total. The van der Waals surface area contributed by atoms with Gasteiger partial charge >= 0.3 is 0 Å². The van der Waals surface area contributed by atoms with Gasteiger partial charge in [0.1, 0.15) is 17.6 Å². The highest BCUT2D eigenvalue weighted by atomic mass is 16.5. The van der Waals surface area contributed by atoms with Crippen molar-refractivity contribution in [2.75, 3.05) is 6.54 Å². The predicted octanol–water partition coefficient (Wildman–Crippen LogP) is 4.97. The Kier molecular flexibility index (Phi) is 5.61. The molecule has 2 aliphatic rings. The van der Waals surface area contributed by atoms with Crippen molar-refractivity contribution in [3.63, 3.8) is 0 Å². The number of fused-ring (bicyclic) bond motifs is 1. The van der Waals surface area contributed by atoms with E-state index >= 15 is 0 Å². The average molecular weight is 420 g/mol. The zero-order valence-corrected chi connectivity index (χ0v) is 18.5. The molecule has 0 radical (unpaired) electrons. The molecule has 1 amide bonds. The number of nitrogens with zero attached hydrogens (tertiary/aromatic N) is 1. The lowest BCUT2D eigenvalue weighted by Crippen LogP contribution is -2.30. The molecule has 2 unspecified atom stereocenters. The fourth-order valence-corrected chi connectivity index (χ4v) is 4.49. The van der Waals surface area contributed by atoms with Crippen LogP contribution in [0.3, 0.4) is 0 Å². The van der Waals surface area contributed by atoms with Crippen LogP contribution in [0.25, 0.3) is 5.76 Å². The van der Waals surface area contributed by atoms with Gasteiger partial charge in [0.15, 0.2) is 0 Å². The Balaban J connectivity index is 1.82. The molecule has 2 aliphatic heterocycles. The molecule has 0 spiro atoms. The Morgan fingerprint density at radius 1 is 1.16 bits per heavy atom. The third kappa shape index (κ3) is 3.73. The predicted molar refractivity (Wildman–Crippen MR) is 120 cm³/mol. The number of hydrogen-bond acceptors (Lipinski definition) is 4. The van der Waals surface area contributed by atoms with Gasteiger partial charge in [-0.3, -0.25) is 9.59 Å². The number of carbonyl (C=O) groups is 2. The number of ether oxygens (including phenoxy) is 1. The second kappa shape index (κ2) is 8.22. The SMILES string of the molecule is CCCN1C(=O)C(=O)/C(=C(\O)c2ccc3c(c2)CC(C)O3)C1c1ccc(C(C)C)cc1. The third-order valence-corrected chi connectivity index (χ3v) is 6.09. The van der Waals surface area contributed by atoms with Crippen molar-refractivity contribution in [2.45, 2.75) is 58.6 Å². The minimum atomic E-state index is -0.631. The van der Waals surface area contributed by atoms with Crippen molar-refractivity contribution in [1.82, 2.24) is 4.90 Å². The van der Waals surface area contributed by atoms with Crippen molar-refractivity contribution in [1.29, 1.82) is 0 Å². The molecule has 2 heterocycles. The molecule has 2 atom stereocenters. The number of aliphatic hydroxyl groups is 1. The van der Waals surface area contributed by atoms with Crippen LogP contribution in [0, 0.1) is 0 Å². The van der Waals surface area contributed by atoms with E-state index in [2.05, 4.69) is 13.8 Å². The number of amides is 1. The summed E-state index contributed by atoms with van der Waals surface area (Å²) in [6.07, 6.45) is 1.56. The number of carbonyl (C=O) groups excluding carboxylic acids is 2. The molecule has 0 aromatic heterocycles. The van der Waals surface area contributed by atoms with Crippen molar-refractivity contribution in [2.24, 2.45) is 0 Å². The van der Waals surface area contributed by atoms with E-state index < -0.39 is 17.7 Å². The van der Waals surface area contributed by atoms with Crippen LogP contribution in [0.4, 0.5) is 0 Å². The molecule has 0 saturated carbocycles. The largest absolute Gasteiger partial charge is 0.507 e. The zero-order chi connectivity index (χ0) is 22.3. The zero-order valence-electron chi connectivity index (χ0n) is 18.5. The van der Waals surface area contributed by atoms with Gasteiger partial charge in [-0.2, -0.15) is 0 Å². The molecule has 1 saturated heterocycles. The quantitative estimate of drug-likeness (QED) is 0.422. The third-order valence-electron chi connectivity index (χ3n) is 6.09. The van der Waals surface area contributed by atoms with Crippen LogP contribution in [-0.2, 0) is 16.0 Å². The first kappa shape index (κ1) is 21.2. The first-order valence-electron chi connectivity index (χ1n) is 11.0. The molecular formula is C26H29NO4.